The lowest BCUT2D eigenvalue weighted by Crippen LogP contribution is -2.32. The maximum atomic E-state index is 13.3. The van der Waals surface area contributed by atoms with E-state index in [4.69, 9.17) is 5.73 Å². The first-order valence-electron chi connectivity index (χ1n) is 7.49. The van der Waals surface area contributed by atoms with E-state index in [0.29, 0.717) is 12.1 Å². The zero-order valence-corrected chi connectivity index (χ0v) is 13.1. The van der Waals surface area contributed by atoms with E-state index in [1.54, 1.807) is 12.1 Å². The summed E-state index contributed by atoms with van der Waals surface area (Å²) in [5, 5.41) is 10.4. The van der Waals surface area contributed by atoms with Crippen LogP contribution in [0.2, 0.25) is 0 Å². The first kappa shape index (κ1) is 17.0. The van der Waals surface area contributed by atoms with Gasteiger partial charge in [0.2, 0.25) is 5.91 Å². The highest BCUT2D eigenvalue weighted by atomic mass is 19.1. The van der Waals surface area contributed by atoms with Gasteiger partial charge in [-0.2, -0.15) is 0 Å². The van der Waals surface area contributed by atoms with Crippen molar-refractivity contribution in [1.29, 1.82) is 0 Å². The number of hydrogen-bond acceptors (Lipinski definition) is 3. The van der Waals surface area contributed by atoms with Crippen molar-refractivity contribution >= 4 is 11.6 Å². The molecule has 0 heterocycles. The number of benzene rings is 2. The van der Waals surface area contributed by atoms with Gasteiger partial charge in [0.15, 0.2) is 0 Å². The van der Waals surface area contributed by atoms with Gasteiger partial charge in [-0.3, -0.25) is 4.79 Å². The molecule has 1 atom stereocenters. The predicted octanol–water partition coefficient (Wildman–Crippen LogP) is 2.55. The SMILES string of the molecule is Cc1cccc(N(CCC(N)=O)C[C@H](O)c2cccc(F)c2)c1. The molecule has 23 heavy (non-hydrogen) atoms. The second-order valence-electron chi connectivity index (χ2n) is 5.57. The van der Waals surface area contributed by atoms with Crippen LogP contribution in [0.3, 0.4) is 0 Å². The lowest BCUT2D eigenvalue weighted by Gasteiger charge is -2.27. The summed E-state index contributed by atoms with van der Waals surface area (Å²) in [6, 6.07) is 13.7. The number of carbonyl (C=O) groups excluding carboxylic acids is 1. The van der Waals surface area contributed by atoms with E-state index in [0.717, 1.165) is 11.3 Å². The Morgan fingerprint density at radius 2 is 2.00 bits per heavy atom. The van der Waals surface area contributed by atoms with Gasteiger partial charge in [0.1, 0.15) is 5.82 Å². The molecule has 0 radical (unpaired) electrons. The molecule has 0 spiro atoms. The van der Waals surface area contributed by atoms with Gasteiger partial charge in [-0.15, -0.1) is 0 Å². The molecule has 0 aliphatic rings. The average Bonchev–Trinajstić information content (AvgIpc) is 2.51. The fourth-order valence-electron chi connectivity index (χ4n) is 2.42. The van der Waals surface area contributed by atoms with Gasteiger partial charge in [-0.25, -0.2) is 4.39 Å². The lowest BCUT2D eigenvalue weighted by molar-refractivity contribution is -0.117. The monoisotopic (exact) mass is 316 g/mol. The van der Waals surface area contributed by atoms with E-state index in [2.05, 4.69) is 0 Å². The molecule has 0 saturated carbocycles. The Kier molecular flexibility index (Phi) is 5.71. The molecule has 122 valence electrons. The number of carbonyl (C=O) groups is 1. The molecule has 0 fully saturated rings. The fourth-order valence-corrected chi connectivity index (χ4v) is 2.42. The van der Waals surface area contributed by atoms with E-state index in [1.165, 1.54) is 12.1 Å². The molecule has 4 nitrogen and oxygen atoms in total. The standard InChI is InChI=1S/C18H21FN2O2/c1-13-4-2-7-16(10-13)21(9-8-18(20)23)12-17(22)14-5-3-6-15(19)11-14/h2-7,10-11,17,22H,8-9,12H2,1H3,(H2,20,23)/t17-/m0/s1. The molecule has 0 aliphatic carbocycles. The van der Waals surface area contributed by atoms with Gasteiger partial charge in [-0.05, 0) is 42.3 Å². The smallest absolute Gasteiger partial charge is 0.219 e. The first-order chi connectivity index (χ1) is 11.0. The molecule has 5 heteroatoms. The molecule has 2 aromatic carbocycles. The number of nitrogens with two attached hydrogens (primary N) is 1. The number of aryl methyl sites for hydroxylation is 1. The van der Waals surface area contributed by atoms with Crippen molar-refractivity contribution in [2.45, 2.75) is 19.4 Å². The first-order valence-corrected chi connectivity index (χ1v) is 7.49. The molecular formula is C18H21FN2O2. The van der Waals surface area contributed by atoms with Crippen LogP contribution in [0.4, 0.5) is 10.1 Å². The number of nitrogens with zero attached hydrogens (tertiary/aromatic N) is 1. The maximum Gasteiger partial charge on any atom is 0.219 e. The van der Waals surface area contributed by atoms with Crippen LogP contribution >= 0.6 is 0 Å². The molecule has 0 unspecified atom stereocenters. The van der Waals surface area contributed by atoms with Crippen LogP contribution in [0, 0.1) is 12.7 Å². The maximum absolute atomic E-state index is 13.3. The normalized spacial score (nSPS) is 12.0. The van der Waals surface area contributed by atoms with Crippen LogP contribution in [-0.4, -0.2) is 24.1 Å². The Labute approximate surface area is 135 Å². The summed E-state index contributed by atoms with van der Waals surface area (Å²) in [4.78, 5) is 13.0. The van der Waals surface area contributed by atoms with Gasteiger partial charge in [-0.1, -0.05) is 24.3 Å². The molecule has 1 amide bonds. The number of hydrogen-bond donors (Lipinski definition) is 2. The van der Waals surface area contributed by atoms with Gasteiger partial charge >= 0.3 is 0 Å². The minimum atomic E-state index is -0.862. The van der Waals surface area contributed by atoms with Crippen LogP contribution in [0.15, 0.2) is 48.5 Å². The molecule has 2 aromatic rings. The van der Waals surface area contributed by atoms with Crippen molar-refractivity contribution in [2.75, 3.05) is 18.0 Å². The molecule has 0 aliphatic heterocycles. The third-order valence-corrected chi connectivity index (χ3v) is 3.62. The van der Waals surface area contributed by atoms with Crippen LogP contribution in [0.5, 0.6) is 0 Å². The van der Waals surface area contributed by atoms with Crippen molar-refractivity contribution in [3.8, 4) is 0 Å². The Hall–Kier alpha value is -2.40. The minimum Gasteiger partial charge on any atom is -0.387 e. The molecule has 2 rings (SSSR count). The summed E-state index contributed by atoms with van der Waals surface area (Å²) < 4.78 is 13.3. The van der Waals surface area contributed by atoms with E-state index < -0.39 is 12.0 Å². The topological polar surface area (TPSA) is 66.6 Å². The third kappa shape index (κ3) is 5.07. The van der Waals surface area contributed by atoms with Gasteiger partial charge in [0.25, 0.3) is 0 Å². The fraction of sp³-hybridized carbons (Fsp3) is 0.278. The number of anilines is 1. The molecule has 0 aromatic heterocycles. The van der Waals surface area contributed by atoms with E-state index in [9.17, 15) is 14.3 Å². The van der Waals surface area contributed by atoms with Crippen LogP contribution < -0.4 is 10.6 Å². The molecule has 0 saturated heterocycles. The van der Waals surface area contributed by atoms with Gasteiger partial charge in [0.05, 0.1) is 6.10 Å². The zero-order chi connectivity index (χ0) is 16.8. The van der Waals surface area contributed by atoms with Crippen molar-refractivity contribution in [3.63, 3.8) is 0 Å². The second kappa shape index (κ2) is 7.74. The summed E-state index contributed by atoms with van der Waals surface area (Å²) in [7, 11) is 0. The van der Waals surface area contributed by atoms with Crippen molar-refractivity contribution in [1.82, 2.24) is 0 Å². The second-order valence-corrected chi connectivity index (χ2v) is 5.57. The van der Waals surface area contributed by atoms with Crippen LogP contribution in [0.25, 0.3) is 0 Å². The van der Waals surface area contributed by atoms with Crippen molar-refractivity contribution < 1.29 is 14.3 Å². The number of halogens is 1. The van der Waals surface area contributed by atoms with Crippen LogP contribution in [0.1, 0.15) is 23.7 Å². The Bertz CT molecular complexity index is 676. The summed E-state index contributed by atoms with van der Waals surface area (Å²) in [5.41, 5.74) is 7.70. The molecule has 0 bridgehead atoms. The lowest BCUT2D eigenvalue weighted by atomic mass is 10.1. The highest BCUT2D eigenvalue weighted by Gasteiger charge is 2.15. The number of rotatable bonds is 7. The molecular weight excluding hydrogens is 295 g/mol. The van der Waals surface area contributed by atoms with E-state index >= 15 is 0 Å². The predicted molar refractivity (Wildman–Crippen MR) is 88.6 cm³/mol. The number of primary amides is 1. The Morgan fingerprint density at radius 3 is 2.65 bits per heavy atom. The van der Waals surface area contributed by atoms with Crippen LogP contribution in [-0.2, 0) is 4.79 Å². The van der Waals surface area contributed by atoms with E-state index in [-0.39, 0.29) is 18.8 Å². The van der Waals surface area contributed by atoms with Crippen molar-refractivity contribution in [2.24, 2.45) is 5.73 Å². The summed E-state index contributed by atoms with van der Waals surface area (Å²) >= 11 is 0. The number of amides is 1. The summed E-state index contributed by atoms with van der Waals surface area (Å²) in [5.74, 6) is -0.788. The quantitative estimate of drug-likeness (QED) is 0.825. The zero-order valence-electron chi connectivity index (χ0n) is 13.1. The number of aliphatic hydroxyl groups is 1. The van der Waals surface area contributed by atoms with E-state index in [1.807, 2.05) is 36.1 Å². The minimum absolute atomic E-state index is 0.184. The average molecular weight is 316 g/mol. The van der Waals surface area contributed by atoms with Gasteiger partial charge < -0.3 is 15.7 Å². The largest absolute Gasteiger partial charge is 0.387 e. The number of aliphatic hydroxyl groups excluding tert-OH is 1. The Balaban J connectivity index is 2.18. The summed E-state index contributed by atoms with van der Waals surface area (Å²) in [6.07, 6.45) is -0.678. The third-order valence-electron chi connectivity index (χ3n) is 3.62. The molecule has 3 N–H and O–H groups in total. The highest BCUT2D eigenvalue weighted by Crippen LogP contribution is 2.21. The highest BCUT2D eigenvalue weighted by molar-refractivity contribution is 5.74. The van der Waals surface area contributed by atoms with Gasteiger partial charge in [0, 0.05) is 25.2 Å². The van der Waals surface area contributed by atoms with Crippen molar-refractivity contribution in [3.05, 3.63) is 65.5 Å². The Morgan fingerprint density at radius 1 is 1.26 bits per heavy atom. The summed E-state index contributed by atoms with van der Waals surface area (Å²) in [6.45, 7) is 2.62.